The highest BCUT2D eigenvalue weighted by molar-refractivity contribution is 7.53. The van der Waals surface area contributed by atoms with E-state index < -0.39 is 19.7 Å². The number of nitriles is 1. The molecule has 3 rings (SSSR count). The van der Waals surface area contributed by atoms with Crippen molar-refractivity contribution in [1.82, 2.24) is 0 Å². The summed E-state index contributed by atoms with van der Waals surface area (Å²) in [6.45, 7) is 3.22. The van der Waals surface area contributed by atoms with Gasteiger partial charge in [-0.1, -0.05) is 12.1 Å². The van der Waals surface area contributed by atoms with Crippen molar-refractivity contribution in [2.24, 2.45) is 0 Å². The molecule has 0 bridgehead atoms. The number of nitrogens with zero attached hydrogens (tertiary/aromatic N) is 1. The van der Waals surface area contributed by atoms with Gasteiger partial charge in [0.25, 0.3) is 0 Å². The Morgan fingerprint density at radius 2 is 2.21 bits per heavy atom. The molecule has 0 saturated carbocycles. The van der Waals surface area contributed by atoms with Gasteiger partial charge >= 0.3 is 7.60 Å². The zero-order valence-corrected chi connectivity index (χ0v) is 17.1. The number of rotatable bonds is 6. The Kier molecular flexibility index (Phi) is 9.69. The van der Waals surface area contributed by atoms with E-state index in [9.17, 15) is 9.46 Å². The van der Waals surface area contributed by atoms with Crippen LogP contribution in [0.3, 0.4) is 0 Å². The fourth-order valence-electron chi connectivity index (χ4n) is 2.81. The lowest BCUT2D eigenvalue weighted by Crippen LogP contribution is -2.25. The van der Waals surface area contributed by atoms with Gasteiger partial charge in [-0.2, -0.15) is 5.26 Å². The average Bonchev–Trinajstić information content (AvgIpc) is 2.74. The quantitative estimate of drug-likeness (QED) is 0.684. The van der Waals surface area contributed by atoms with Gasteiger partial charge in [-0.05, 0) is 62.8 Å². The van der Waals surface area contributed by atoms with E-state index >= 15 is 0 Å². The van der Waals surface area contributed by atoms with Crippen LogP contribution in [0.2, 0.25) is 0 Å². The monoisotopic (exact) mass is 409 g/mol. The summed E-state index contributed by atoms with van der Waals surface area (Å²) < 4.78 is 33.6. The molecule has 0 amide bonds. The van der Waals surface area contributed by atoms with E-state index in [1.807, 2.05) is 12.1 Å². The molecule has 28 heavy (non-hydrogen) atoms. The molecular formula is C20H28NO6P. The van der Waals surface area contributed by atoms with Crippen molar-refractivity contribution in [2.75, 3.05) is 19.8 Å². The maximum Gasteiger partial charge on any atom is 0.361 e. The molecule has 1 aromatic carbocycles. The van der Waals surface area contributed by atoms with E-state index in [0.717, 1.165) is 19.4 Å². The van der Waals surface area contributed by atoms with Crippen molar-refractivity contribution in [2.45, 2.75) is 51.2 Å². The maximum atomic E-state index is 12.5. The average molecular weight is 409 g/mol. The first-order valence-electron chi connectivity index (χ1n) is 9.57. The highest BCUT2D eigenvalue weighted by atomic mass is 31.2. The molecule has 2 aliphatic heterocycles. The van der Waals surface area contributed by atoms with Crippen LogP contribution in [0, 0.1) is 11.3 Å². The molecule has 1 N–H and O–H groups in total. The molecule has 0 aromatic heterocycles. The first kappa shape index (κ1) is 22.6. The van der Waals surface area contributed by atoms with E-state index in [-0.39, 0.29) is 6.61 Å². The van der Waals surface area contributed by atoms with Crippen molar-refractivity contribution in [3.8, 4) is 6.07 Å². The lowest BCUT2D eigenvalue weighted by molar-refractivity contribution is -0.176. The molecule has 0 radical (unpaired) electrons. The van der Waals surface area contributed by atoms with Crippen LogP contribution in [-0.2, 0) is 23.3 Å². The second-order valence-electron chi connectivity index (χ2n) is 6.39. The highest BCUT2D eigenvalue weighted by Gasteiger charge is 2.37. The van der Waals surface area contributed by atoms with Crippen LogP contribution in [0.25, 0.3) is 0 Å². The highest BCUT2D eigenvalue weighted by Crippen LogP contribution is 2.57. The zero-order chi connectivity index (χ0) is 20.2. The normalized spacial score (nSPS) is 22.0. The van der Waals surface area contributed by atoms with Gasteiger partial charge in [0, 0.05) is 6.61 Å². The Hall–Kier alpha value is -1.68. The van der Waals surface area contributed by atoms with Gasteiger partial charge in [0.1, 0.15) is 0 Å². The molecule has 1 saturated heterocycles. The van der Waals surface area contributed by atoms with Crippen LogP contribution < -0.4 is 0 Å². The molecule has 0 aliphatic carbocycles. The van der Waals surface area contributed by atoms with Crippen molar-refractivity contribution in [1.29, 1.82) is 5.26 Å². The van der Waals surface area contributed by atoms with Crippen molar-refractivity contribution < 1.29 is 28.2 Å². The van der Waals surface area contributed by atoms with Crippen LogP contribution in [0.15, 0.2) is 36.6 Å². The topological polar surface area (TPSA) is 98.0 Å². The SMILES string of the molecule is C1=COCCC1.CCOP(=O)(O)C(OC1CCCCO1)c1cccc(C#N)c1. The lowest BCUT2D eigenvalue weighted by atomic mass is 10.1. The van der Waals surface area contributed by atoms with E-state index in [1.54, 1.807) is 31.4 Å². The summed E-state index contributed by atoms with van der Waals surface area (Å²) in [7, 11) is -4.03. The lowest BCUT2D eigenvalue weighted by Gasteiger charge is -2.29. The fraction of sp³-hybridized carbons (Fsp3) is 0.550. The van der Waals surface area contributed by atoms with Crippen LogP contribution in [0.5, 0.6) is 0 Å². The molecular weight excluding hydrogens is 381 g/mol. The summed E-state index contributed by atoms with van der Waals surface area (Å²) in [5.74, 6) is -1.16. The third-order valence-electron chi connectivity index (χ3n) is 4.16. The molecule has 2 heterocycles. The first-order valence-corrected chi connectivity index (χ1v) is 11.2. The Morgan fingerprint density at radius 1 is 1.36 bits per heavy atom. The number of benzene rings is 1. The largest absolute Gasteiger partial charge is 0.502 e. The zero-order valence-electron chi connectivity index (χ0n) is 16.2. The molecule has 1 aromatic rings. The Bertz CT molecular complexity index is 703. The molecule has 2 aliphatic rings. The van der Waals surface area contributed by atoms with Gasteiger partial charge in [0.05, 0.1) is 31.1 Å². The van der Waals surface area contributed by atoms with Gasteiger partial charge in [-0.3, -0.25) is 4.57 Å². The summed E-state index contributed by atoms with van der Waals surface area (Å²) in [4.78, 5) is 10.2. The Balaban J connectivity index is 0.000000397. The van der Waals surface area contributed by atoms with Crippen molar-refractivity contribution >= 4 is 7.60 Å². The van der Waals surface area contributed by atoms with Gasteiger partial charge in [-0.25, -0.2) is 0 Å². The van der Waals surface area contributed by atoms with Crippen LogP contribution in [0.1, 0.15) is 56.0 Å². The fourth-order valence-corrected chi connectivity index (χ4v) is 4.14. The van der Waals surface area contributed by atoms with Gasteiger partial charge in [-0.15, -0.1) is 0 Å². The summed E-state index contributed by atoms with van der Waals surface area (Å²) in [5, 5.41) is 8.99. The molecule has 7 nitrogen and oxygen atoms in total. The second-order valence-corrected chi connectivity index (χ2v) is 8.24. The number of ether oxygens (including phenoxy) is 3. The third kappa shape index (κ3) is 7.38. The second kappa shape index (κ2) is 12.0. The molecule has 1 fully saturated rings. The van der Waals surface area contributed by atoms with Crippen molar-refractivity contribution in [3.05, 3.63) is 47.7 Å². The van der Waals surface area contributed by atoms with E-state index in [2.05, 4.69) is 0 Å². The summed E-state index contributed by atoms with van der Waals surface area (Å²) in [6.07, 6.45) is 8.23. The first-order chi connectivity index (χ1) is 13.6. The van der Waals surface area contributed by atoms with Crippen LogP contribution in [-0.4, -0.2) is 31.0 Å². The number of hydrogen-bond donors (Lipinski definition) is 1. The van der Waals surface area contributed by atoms with Crippen molar-refractivity contribution in [3.63, 3.8) is 0 Å². The van der Waals surface area contributed by atoms with Crippen LogP contribution >= 0.6 is 7.60 Å². The Labute approximate surface area is 166 Å². The van der Waals surface area contributed by atoms with E-state index in [0.29, 0.717) is 24.2 Å². The standard InChI is InChI=1S/C15H20NO5P.C5H8O/c1-2-20-22(17,18)15(21-14-8-3-4-9-19-14)13-7-5-6-12(10-13)11-16;1-2-4-6-5-3-1/h5-7,10,14-15H,2-4,8-9H2,1H3,(H,17,18);2,4H,1,3,5H2. The number of allylic oxidation sites excluding steroid dienone is 1. The Morgan fingerprint density at radius 3 is 2.75 bits per heavy atom. The number of hydrogen-bond acceptors (Lipinski definition) is 6. The summed E-state index contributed by atoms with van der Waals surface area (Å²) in [5.41, 5.74) is 0.833. The minimum Gasteiger partial charge on any atom is -0.502 e. The molecule has 154 valence electrons. The molecule has 3 atom stereocenters. The third-order valence-corrected chi connectivity index (χ3v) is 5.80. The molecule has 3 unspecified atom stereocenters. The summed E-state index contributed by atoms with van der Waals surface area (Å²) in [6, 6.07) is 8.47. The van der Waals surface area contributed by atoms with Crippen LogP contribution in [0.4, 0.5) is 0 Å². The smallest absolute Gasteiger partial charge is 0.361 e. The van der Waals surface area contributed by atoms with Gasteiger partial charge < -0.3 is 23.6 Å². The minimum atomic E-state index is -4.03. The maximum absolute atomic E-state index is 12.5. The predicted molar refractivity (Wildman–Crippen MR) is 104 cm³/mol. The predicted octanol–water partition coefficient (Wildman–Crippen LogP) is 4.63. The van der Waals surface area contributed by atoms with Gasteiger partial charge in [0.15, 0.2) is 12.1 Å². The molecule has 0 spiro atoms. The van der Waals surface area contributed by atoms with E-state index in [4.69, 9.17) is 24.0 Å². The molecule has 8 heteroatoms. The van der Waals surface area contributed by atoms with E-state index in [1.165, 1.54) is 18.9 Å². The summed E-state index contributed by atoms with van der Waals surface area (Å²) >= 11 is 0. The minimum absolute atomic E-state index is 0.0943. The van der Waals surface area contributed by atoms with Gasteiger partial charge in [0.2, 0.25) is 0 Å².